The predicted molar refractivity (Wildman–Crippen MR) is 67.7 cm³/mol. The molecule has 0 amide bonds. The van der Waals surface area contributed by atoms with E-state index in [1.54, 1.807) is 0 Å². The maximum absolute atomic E-state index is 5.66. The van der Waals surface area contributed by atoms with Gasteiger partial charge in [-0.1, -0.05) is 19.8 Å². The van der Waals surface area contributed by atoms with E-state index < -0.39 is 0 Å². The highest BCUT2D eigenvalue weighted by atomic mass is 16.5. The van der Waals surface area contributed by atoms with Crippen LogP contribution < -0.4 is 5.32 Å². The summed E-state index contributed by atoms with van der Waals surface area (Å²) >= 11 is 0. The van der Waals surface area contributed by atoms with E-state index in [4.69, 9.17) is 4.74 Å². The molecule has 2 aliphatic carbocycles. The lowest BCUT2D eigenvalue weighted by atomic mass is 9.83. The summed E-state index contributed by atoms with van der Waals surface area (Å²) in [5, 5.41) is 3.72. The van der Waals surface area contributed by atoms with E-state index in [9.17, 15) is 0 Å². The molecule has 16 heavy (non-hydrogen) atoms. The van der Waals surface area contributed by atoms with Crippen molar-refractivity contribution >= 4 is 0 Å². The summed E-state index contributed by atoms with van der Waals surface area (Å²) < 4.78 is 5.66. The van der Waals surface area contributed by atoms with Gasteiger partial charge in [0.2, 0.25) is 0 Å². The number of hydrogen-bond donors (Lipinski definition) is 1. The third-order valence-corrected chi connectivity index (χ3v) is 4.13. The van der Waals surface area contributed by atoms with Crippen LogP contribution in [0.3, 0.4) is 0 Å². The molecule has 0 unspecified atom stereocenters. The van der Waals surface area contributed by atoms with Crippen LogP contribution in [0.5, 0.6) is 0 Å². The zero-order chi connectivity index (χ0) is 11.3. The maximum Gasteiger partial charge on any atom is 0.0471 e. The first-order valence-electron chi connectivity index (χ1n) is 7.16. The topological polar surface area (TPSA) is 21.3 Å². The van der Waals surface area contributed by atoms with Gasteiger partial charge in [-0.25, -0.2) is 0 Å². The van der Waals surface area contributed by atoms with Crippen molar-refractivity contribution in [3.8, 4) is 0 Å². The quantitative estimate of drug-likeness (QED) is 0.641. The molecule has 0 bridgehead atoms. The van der Waals surface area contributed by atoms with Gasteiger partial charge in [0, 0.05) is 25.8 Å². The lowest BCUT2D eigenvalue weighted by Gasteiger charge is -2.29. The van der Waals surface area contributed by atoms with Gasteiger partial charge in [-0.05, 0) is 43.9 Å². The lowest BCUT2D eigenvalue weighted by molar-refractivity contribution is 0.0941. The standard InChI is InChI=1S/C14H27NO/c1-2-10-16-11-9-14(7-3-4-8-14)12-15-13-5-6-13/h13,15H,2-12H2,1H3. The van der Waals surface area contributed by atoms with Crippen molar-refractivity contribution in [3.05, 3.63) is 0 Å². The third kappa shape index (κ3) is 3.74. The van der Waals surface area contributed by atoms with Crippen molar-refractivity contribution in [3.63, 3.8) is 0 Å². The molecule has 2 nitrogen and oxygen atoms in total. The first kappa shape index (κ1) is 12.4. The zero-order valence-electron chi connectivity index (χ0n) is 10.8. The minimum Gasteiger partial charge on any atom is -0.381 e. The molecule has 1 N–H and O–H groups in total. The Morgan fingerprint density at radius 1 is 1.19 bits per heavy atom. The Labute approximate surface area is 100 Å². The van der Waals surface area contributed by atoms with Crippen LogP contribution in [0, 0.1) is 5.41 Å². The van der Waals surface area contributed by atoms with Crippen molar-refractivity contribution < 1.29 is 4.74 Å². The van der Waals surface area contributed by atoms with Crippen molar-refractivity contribution in [1.29, 1.82) is 0 Å². The van der Waals surface area contributed by atoms with E-state index in [0.29, 0.717) is 5.41 Å². The second-order valence-corrected chi connectivity index (χ2v) is 5.72. The van der Waals surface area contributed by atoms with Gasteiger partial charge in [-0.3, -0.25) is 0 Å². The van der Waals surface area contributed by atoms with Gasteiger partial charge < -0.3 is 10.1 Å². The van der Waals surface area contributed by atoms with E-state index >= 15 is 0 Å². The van der Waals surface area contributed by atoms with Crippen LogP contribution in [-0.2, 0) is 4.74 Å². The summed E-state index contributed by atoms with van der Waals surface area (Å²) in [7, 11) is 0. The average Bonchev–Trinajstić information content (AvgIpc) is 3.02. The van der Waals surface area contributed by atoms with Gasteiger partial charge in [0.15, 0.2) is 0 Å². The first-order chi connectivity index (χ1) is 7.85. The van der Waals surface area contributed by atoms with E-state index in [0.717, 1.165) is 25.7 Å². The normalized spacial score (nSPS) is 23.8. The number of nitrogens with one attached hydrogen (secondary N) is 1. The summed E-state index contributed by atoms with van der Waals surface area (Å²) in [6.45, 7) is 5.33. The Bertz CT molecular complexity index is 195. The first-order valence-corrected chi connectivity index (χ1v) is 7.16. The highest BCUT2D eigenvalue weighted by Gasteiger charge is 2.35. The van der Waals surface area contributed by atoms with Gasteiger partial charge >= 0.3 is 0 Å². The number of ether oxygens (including phenoxy) is 1. The fourth-order valence-corrected chi connectivity index (χ4v) is 2.82. The molecule has 0 aromatic rings. The van der Waals surface area contributed by atoms with Crippen LogP contribution in [0.2, 0.25) is 0 Å². The summed E-state index contributed by atoms with van der Waals surface area (Å²) in [6.07, 6.45) is 10.9. The third-order valence-electron chi connectivity index (χ3n) is 4.13. The van der Waals surface area contributed by atoms with Crippen molar-refractivity contribution in [2.24, 2.45) is 5.41 Å². The Balaban J connectivity index is 1.68. The minimum absolute atomic E-state index is 0.580. The Hall–Kier alpha value is -0.0800. The van der Waals surface area contributed by atoms with Crippen LogP contribution >= 0.6 is 0 Å². The monoisotopic (exact) mass is 225 g/mol. The van der Waals surface area contributed by atoms with Crippen LogP contribution in [0.4, 0.5) is 0 Å². The van der Waals surface area contributed by atoms with Gasteiger partial charge in [0.05, 0.1) is 0 Å². The molecule has 0 saturated heterocycles. The molecule has 2 aliphatic rings. The van der Waals surface area contributed by atoms with E-state index in [1.807, 2.05) is 0 Å². The van der Waals surface area contributed by atoms with Gasteiger partial charge in [-0.15, -0.1) is 0 Å². The molecule has 0 radical (unpaired) electrons. The molecule has 2 fully saturated rings. The van der Waals surface area contributed by atoms with E-state index in [2.05, 4.69) is 12.2 Å². The second kappa shape index (κ2) is 6.02. The fraction of sp³-hybridized carbons (Fsp3) is 1.00. The summed E-state index contributed by atoms with van der Waals surface area (Å²) in [5.74, 6) is 0. The minimum atomic E-state index is 0.580. The maximum atomic E-state index is 5.66. The van der Waals surface area contributed by atoms with Crippen molar-refractivity contribution in [2.45, 2.75) is 64.3 Å². The van der Waals surface area contributed by atoms with Crippen LogP contribution in [0.15, 0.2) is 0 Å². The second-order valence-electron chi connectivity index (χ2n) is 5.72. The molecule has 0 aromatic carbocycles. The van der Waals surface area contributed by atoms with Gasteiger partial charge in [0.1, 0.15) is 0 Å². The molecule has 2 rings (SSSR count). The molecular weight excluding hydrogens is 198 g/mol. The van der Waals surface area contributed by atoms with Crippen LogP contribution in [0.25, 0.3) is 0 Å². The summed E-state index contributed by atoms with van der Waals surface area (Å²) in [5.41, 5.74) is 0.580. The van der Waals surface area contributed by atoms with Crippen LogP contribution in [0.1, 0.15) is 58.3 Å². The highest BCUT2D eigenvalue weighted by Crippen LogP contribution is 2.41. The molecule has 94 valence electrons. The molecular formula is C14H27NO. The Kier molecular flexibility index (Phi) is 4.66. The van der Waals surface area contributed by atoms with Crippen LogP contribution in [-0.4, -0.2) is 25.8 Å². The van der Waals surface area contributed by atoms with Crippen molar-refractivity contribution in [2.75, 3.05) is 19.8 Å². The average molecular weight is 225 g/mol. The summed E-state index contributed by atoms with van der Waals surface area (Å²) in [4.78, 5) is 0. The Morgan fingerprint density at radius 3 is 2.56 bits per heavy atom. The highest BCUT2D eigenvalue weighted by molar-refractivity contribution is 4.90. The number of rotatable bonds is 8. The van der Waals surface area contributed by atoms with E-state index in [1.165, 1.54) is 51.5 Å². The number of hydrogen-bond acceptors (Lipinski definition) is 2. The SMILES string of the molecule is CCCOCCC1(CNC2CC2)CCCC1. The molecule has 0 aromatic heterocycles. The summed E-state index contributed by atoms with van der Waals surface area (Å²) in [6, 6.07) is 0.856. The molecule has 2 saturated carbocycles. The lowest BCUT2D eigenvalue weighted by Crippen LogP contribution is -2.34. The largest absolute Gasteiger partial charge is 0.381 e. The molecule has 0 heterocycles. The van der Waals surface area contributed by atoms with Gasteiger partial charge in [-0.2, -0.15) is 0 Å². The van der Waals surface area contributed by atoms with Gasteiger partial charge in [0.25, 0.3) is 0 Å². The molecule has 2 heteroatoms. The van der Waals surface area contributed by atoms with Crippen molar-refractivity contribution in [1.82, 2.24) is 5.32 Å². The van der Waals surface area contributed by atoms with E-state index in [-0.39, 0.29) is 0 Å². The predicted octanol–water partition coefficient (Wildman–Crippen LogP) is 3.12. The molecule has 0 atom stereocenters. The fourth-order valence-electron chi connectivity index (χ4n) is 2.82. The molecule has 0 spiro atoms. The smallest absolute Gasteiger partial charge is 0.0471 e. The zero-order valence-corrected chi connectivity index (χ0v) is 10.8. The molecule has 0 aliphatic heterocycles. The Morgan fingerprint density at radius 2 is 1.94 bits per heavy atom.